The Labute approximate surface area is 88.4 Å². The third kappa shape index (κ3) is 1.65. The van der Waals surface area contributed by atoms with Gasteiger partial charge in [0.15, 0.2) is 0 Å². The summed E-state index contributed by atoms with van der Waals surface area (Å²) in [6.45, 7) is 0. The van der Waals surface area contributed by atoms with E-state index in [0.29, 0.717) is 0 Å². The van der Waals surface area contributed by atoms with Crippen molar-refractivity contribution in [3.05, 3.63) is 0 Å². The summed E-state index contributed by atoms with van der Waals surface area (Å²) in [5, 5.41) is -0.607. The molecule has 0 radical (unpaired) electrons. The van der Waals surface area contributed by atoms with Crippen molar-refractivity contribution in [2.45, 2.75) is 49.9 Å². The number of hydrogen-bond acceptors (Lipinski definition) is 2. The van der Waals surface area contributed by atoms with E-state index >= 15 is 0 Å². The van der Waals surface area contributed by atoms with Crippen LogP contribution in [0.3, 0.4) is 0 Å². The van der Waals surface area contributed by atoms with Crippen molar-refractivity contribution in [1.29, 1.82) is 0 Å². The van der Waals surface area contributed by atoms with E-state index in [-0.39, 0.29) is 24.3 Å². The third-order valence-corrected chi connectivity index (χ3v) is 3.41. The number of halogens is 1. The summed E-state index contributed by atoms with van der Waals surface area (Å²) in [6, 6.07) is 0.132. The van der Waals surface area contributed by atoms with Gasteiger partial charge in [-0.15, -0.1) is 11.6 Å². The van der Waals surface area contributed by atoms with Crippen LogP contribution in [0.2, 0.25) is 0 Å². The van der Waals surface area contributed by atoms with Crippen molar-refractivity contribution in [2.24, 2.45) is 0 Å². The zero-order valence-electron chi connectivity index (χ0n) is 8.04. The zero-order chi connectivity index (χ0) is 10.1. The van der Waals surface area contributed by atoms with Crippen molar-refractivity contribution in [3.63, 3.8) is 0 Å². The summed E-state index contributed by atoms with van der Waals surface area (Å²) >= 11 is 5.76. The first kappa shape index (κ1) is 9.97. The Hall–Kier alpha value is -0.570. The summed E-state index contributed by atoms with van der Waals surface area (Å²) in [7, 11) is 0. The van der Waals surface area contributed by atoms with Crippen molar-refractivity contribution in [3.8, 4) is 0 Å². The van der Waals surface area contributed by atoms with E-state index in [2.05, 4.69) is 0 Å². The predicted molar refractivity (Wildman–Crippen MR) is 53.0 cm³/mol. The maximum Gasteiger partial charge on any atom is 0.248 e. The number of imide groups is 1. The molecule has 1 atom stereocenters. The molecule has 1 unspecified atom stereocenters. The molecule has 0 bridgehead atoms. The van der Waals surface area contributed by atoms with Gasteiger partial charge in [0, 0.05) is 6.04 Å². The van der Waals surface area contributed by atoms with Crippen molar-refractivity contribution in [1.82, 2.24) is 4.90 Å². The topological polar surface area (TPSA) is 37.4 Å². The maximum atomic E-state index is 11.6. The lowest BCUT2D eigenvalue weighted by atomic mass is 9.94. The van der Waals surface area contributed by atoms with Crippen molar-refractivity contribution in [2.75, 3.05) is 0 Å². The molecule has 2 aliphatic rings. The van der Waals surface area contributed by atoms with E-state index in [9.17, 15) is 9.59 Å². The van der Waals surface area contributed by atoms with Crippen LogP contribution >= 0.6 is 11.6 Å². The number of rotatable bonds is 1. The fourth-order valence-electron chi connectivity index (χ4n) is 2.34. The Kier molecular flexibility index (Phi) is 2.77. The minimum absolute atomic E-state index is 0.0816. The second-order valence-corrected chi connectivity index (χ2v) is 4.59. The van der Waals surface area contributed by atoms with E-state index in [1.165, 1.54) is 11.3 Å². The number of carbonyl (C=O) groups is 2. The van der Waals surface area contributed by atoms with Crippen LogP contribution in [-0.2, 0) is 9.59 Å². The van der Waals surface area contributed by atoms with Gasteiger partial charge >= 0.3 is 0 Å². The first-order valence-electron chi connectivity index (χ1n) is 5.20. The summed E-state index contributed by atoms with van der Waals surface area (Å²) in [6.07, 6.45) is 5.57. The molecule has 0 aromatic carbocycles. The van der Waals surface area contributed by atoms with Crippen molar-refractivity contribution < 1.29 is 9.59 Å². The molecule has 14 heavy (non-hydrogen) atoms. The molecule has 1 saturated carbocycles. The van der Waals surface area contributed by atoms with Gasteiger partial charge in [0.05, 0.1) is 6.42 Å². The average Bonchev–Trinajstić information content (AvgIpc) is 2.43. The van der Waals surface area contributed by atoms with Gasteiger partial charge in [0.2, 0.25) is 11.8 Å². The van der Waals surface area contributed by atoms with Crippen LogP contribution in [0.4, 0.5) is 0 Å². The number of carbonyl (C=O) groups excluding carboxylic acids is 2. The SMILES string of the molecule is O=C1CC(Cl)C(=O)N1C1CCCCC1. The highest BCUT2D eigenvalue weighted by Crippen LogP contribution is 2.28. The number of amides is 2. The molecule has 0 spiro atoms. The molecular formula is C10H14ClNO2. The van der Waals surface area contributed by atoms with Gasteiger partial charge in [-0.05, 0) is 12.8 Å². The van der Waals surface area contributed by atoms with E-state index < -0.39 is 5.38 Å². The molecular weight excluding hydrogens is 202 g/mol. The Morgan fingerprint density at radius 2 is 1.79 bits per heavy atom. The first-order valence-corrected chi connectivity index (χ1v) is 5.64. The quantitative estimate of drug-likeness (QED) is 0.493. The molecule has 0 aromatic rings. The largest absolute Gasteiger partial charge is 0.278 e. The summed E-state index contributed by atoms with van der Waals surface area (Å²) in [5.41, 5.74) is 0. The number of likely N-dealkylation sites (tertiary alicyclic amines) is 1. The van der Waals surface area contributed by atoms with Crippen molar-refractivity contribution >= 4 is 23.4 Å². The van der Waals surface area contributed by atoms with Crippen LogP contribution < -0.4 is 0 Å². The maximum absolute atomic E-state index is 11.6. The molecule has 0 N–H and O–H groups in total. The zero-order valence-corrected chi connectivity index (χ0v) is 8.79. The molecule has 2 rings (SSSR count). The van der Waals surface area contributed by atoms with E-state index in [4.69, 9.17) is 11.6 Å². The Morgan fingerprint density at radius 3 is 2.29 bits per heavy atom. The Bertz CT molecular complexity index is 261. The number of nitrogens with zero attached hydrogens (tertiary/aromatic N) is 1. The lowest BCUT2D eigenvalue weighted by Crippen LogP contribution is -2.41. The highest BCUT2D eigenvalue weighted by atomic mass is 35.5. The molecule has 1 saturated heterocycles. The Balaban J connectivity index is 2.08. The first-order chi connectivity index (χ1) is 6.70. The number of hydrogen-bond donors (Lipinski definition) is 0. The minimum Gasteiger partial charge on any atom is -0.278 e. The van der Waals surface area contributed by atoms with Gasteiger partial charge in [-0.25, -0.2) is 0 Å². The predicted octanol–water partition coefficient (Wildman–Crippen LogP) is 1.69. The molecule has 78 valence electrons. The van der Waals surface area contributed by atoms with Crippen LogP contribution in [0.25, 0.3) is 0 Å². The molecule has 1 heterocycles. The molecule has 3 nitrogen and oxygen atoms in total. The van der Waals surface area contributed by atoms with Crippen LogP contribution in [0, 0.1) is 0 Å². The molecule has 2 fully saturated rings. The summed E-state index contributed by atoms with van der Waals surface area (Å²) in [4.78, 5) is 24.5. The lowest BCUT2D eigenvalue weighted by Gasteiger charge is -2.29. The number of alkyl halides is 1. The van der Waals surface area contributed by atoms with Gasteiger partial charge in [-0.1, -0.05) is 19.3 Å². The lowest BCUT2D eigenvalue weighted by molar-refractivity contribution is -0.141. The second kappa shape index (κ2) is 3.89. The fourth-order valence-corrected chi connectivity index (χ4v) is 2.57. The van der Waals surface area contributed by atoms with Gasteiger partial charge in [-0.2, -0.15) is 0 Å². The van der Waals surface area contributed by atoms with Gasteiger partial charge in [0.1, 0.15) is 5.38 Å². The highest BCUT2D eigenvalue weighted by Gasteiger charge is 2.41. The Morgan fingerprint density at radius 1 is 1.14 bits per heavy atom. The second-order valence-electron chi connectivity index (χ2n) is 4.07. The molecule has 1 aliphatic carbocycles. The average molecular weight is 216 g/mol. The minimum atomic E-state index is -0.607. The summed E-state index contributed by atoms with van der Waals surface area (Å²) in [5.74, 6) is -0.259. The van der Waals surface area contributed by atoms with E-state index in [1.54, 1.807) is 0 Å². The fraction of sp³-hybridized carbons (Fsp3) is 0.800. The third-order valence-electron chi connectivity index (χ3n) is 3.07. The molecule has 1 aliphatic heterocycles. The van der Waals surface area contributed by atoms with Crippen LogP contribution in [0.1, 0.15) is 38.5 Å². The normalized spacial score (nSPS) is 30.1. The van der Waals surface area contributed by atoms with Crippen LogP contribution in [0.15, 0.2) is 0 Å². The van der Waals surface area contributed by atoms with Gasteiger partial charge in [0.25, 0.3) is 0 Å². The van der Waals surface area contributed by atoms with Gasteiger partial charge < -0.3 is 0 Å². The van der Waals surface area contributed by atoms with Gasteiger partial charge in [-0.3, -0.25) is 14.5 Å². The monoisotopic (exact) mass is 215 g/mol. The van der Waals surface area contributed by atoms with E-state index in [1.807, 2.05) is 0 Å². The molecule has 4 heteroatoms. The standard InChI is InChI=1S/C10H14ClNO2/c11-8-6-9(13)12(10(8)14)7-4-2-1-3-5-7/h7-8H,1-6H2. The van der Waals surface area contributed by atoms with Crippen LogP contribution in [0.5, 0.6) is 0 Å². The molecule has 2 amide bonds. The highest BCUT2D eigenvalue weighted by molar-refractivity contribution is 6.35. The molecule has 0 aromatic heterocycles. The summed E-state index contributed by atoms with van der Waals surface area (Å²) < 4.78 is 0. The smallest absolute Gasteiger partial charge is 0.248 e. The van der Waals surface area contributed by atoms with E-state index in [0.717, 1.165) is 25.7 Å². The van der Waals surface area contributed by atoms with Crippen LogP contribution in [-0.4, -0.2) is 28.1 Å².